The lowest BCUT2D eigenvalue weighted by Gasteiger charge is -2.21. The van der Waals surface area contributed by atoms with Gasteiger partial charge in [0.25, 0.3) is 0 Å². The number of carboxylic acids is 1. The molecule has 0 amide bonds. The Labute approximate surface area is 117 Å². The summed E-state index contributed by atoms with van der Waals surface area (Å²) in [5.74, 6) is -0.728. The van der Waals surface area contributed by atoms with Crippen LogP contribution < -0.4 is 0 Å². The SMILES string of the molecule is O=C(O)c1ccc(S(=O)(=O)N(CCO)CC2CC2)cc1. The van der Waals surface area contributed by atoms with Crippen molar-refractivity contribution in [2.24, 2.45) is 5.92 Å². The second kappa shape index (κ2) is 5.90. The summed E-state index contributed by atoms with van der Waals surface area (Å²) in [7, 11) is -3.68. The van der Waals surface area contributed by atoms with E-state index in [1.165, 1.54) is 28.6 Å². The number of benzene rings is 1. The first-order valence-electron chi connectivity index (χ1n) is 6.39. The van der Waals surface area contributed by atoms with Crippen LogP contribution in [-0.2, 0) is 10.0 Å². The molecule has 20 heavy (non-hydrogen) atoms. The van der Waals surface area contributed by atoms with E-state index in [1.54, 1.807) is 0 Å². The molecule has 1 fully saturated rings. The Morgan fingerprint density at radius 3 is 2.30 bits per heavy atom. The van der Waals surface area contributed by atoms with Crippen molar-refractivity contribution in [3.05, 3.63) is 29.8 Å². The fourth-order valence-electron chi connectivity index (χ4n) is 1.93. The third-order valence-electron chi connectivity index (χ3n) is 3.25. The minimum Gasteiger partial charge on any atom is -0.478 e. The minimum atomic E-state index is -3.68. The van der Waals surface area contributed by atoms with Gasteiger partial charge < -0.3 is 10.2 Å². The molecule has 1 aliphatic rings. The summed E-state index contributed by atoms with van der Waals surface area (Å²) in [5, 5.41) is 17.8. The van der Waals surface area contributed by atoms with Crippen LogP contribution in [0, 0.1) is 5.92 Å². The standard InChI is InChI=1S/C13H17NO5S/c15-8-7-14(9-10-1-2-10)20(18,19)12-5-3-11(4-6-12)13(16)17/h3-6,10,15H,1-2,7-9H2,(H,16,17). The number of nitrogens with zero attached hydrogens (tertiary/aromatic N) is 1. The molecule has 0 bridgehead atoms. The molecule has 0 heterocycles. The lowest BCUT2D eigenvalue weighted by Crippen LogP contribution is -2.35. The molecule has 1 aromatic carbocycles. The molecule has 7 heteroatoms. The van der Waals surface area contributed by atoms with Gasteiger partial charge in [-0.15, -0.1) is 0 Å². The van der Waals surface area contributed by atoms with Crippen LogP contribution >= 0.6 is 0 Å². The molecular weight excluding hydrogens is 282 g/mol. The van der Waals surface area contributed by atoms with E-state index in [0.29, 0.717) is 12.5 Å². The molecule has 0 radical (unpaired) electrons. The number of aliphatic hydroxyl groups is 1. The van der Waals surface area contributed by atoms with Gasteiger partial charge >= 0.3 is 5.97 Å². The van der Waals surface area contributed by atoms with E-state index < -0.39 is 16.0 Å². The Balaban J connectivity index is 2.23. The molecule has 1 saturated carbocycles. The Morgan fingerprint density at radius 1 is 1.25 bits per heavy atom. The largest absolute Gasteiger partial charge is 0.478 e. The van der Waals surface area contributed by atoms with Gasteiger partial charge in [-0.25, -0.2) is 13.2 Å². The predicted molar refractivity (Wildman–Crippen MR) is 72.0 cm³/mol. The summed E-state index contributed by atoms with van der Waals surface area (Å²) in [6, 6.07) is 5.11. The quantitative estimate of drug-likeness (QED) is 0.775. The molecule has 2 rings (SSSR count). The topological polar surface area (TPSA) is 94.9 Å². The average Bonchev–Trinajstić information content (AvgIpc) is 3.22. The highest BCUT2D eigenvalue weighted by Gasteiger charge is 2.31. The van der Waals surface area contributed by atoms with E-state index >= 15 is 0 Å². The van der Waals surface area contributed by atoms with Crippen molar-refractivity contribution in [1.82, 2.24) is 4.31 Å². The number of hydrogen-bond donors (Lipinski definition) is 2. The molecule has 110 valence electrons. The van der Waals surface area contributed by atoms with Crippen molar-refractivity contribution in [3.8, 4) is 0 Å². The molecule has 0 atom stereocenters. The average molecular weight is 299 g/mol. The van der Waals surface area contributed by atoms with Gasteiger partial charge in [0, 0.05) is 13.1 Å². The normalized spacial score (nSPS) is 15.5. The van der Waals surface area contributed by atoms with E-state index in [4.69, 9.17) is 10.2 Å². The third-order valence-corrected chi connectivity index (χ3v) is 5.13. The van der Waals surface area contributed by atoms with Crippen molar-refractivity contribution in [2.45, 2.75) is 17.7 Å². The Kier molecular flexibility index (Phi) is 4.42. The van der Waals surface area contributed by atoms with Crippen LogP contribution in [0.1, 0.15) is 23.2 Å². The van der Waals surface area contributed by atoms with Crippen LogP contribution in [0.5, 0.6) is 0 Å². The third kappa shape index (κ3) is 3.36. The van der Waals surface area contributed by atoms with Gasteiger partial charge in [-0.1, -0.05) is 0 Å². The highest BCUT2D eigenvalue weighted by Crippen LogP contribution is 2.31. The van der Waals surface area contributed by atoms with E-state index in [0.717, 1.165) is 12.8 Å². The van der Waals surface area contributed by atoms with Crippen molar-refractivity contribution in [3.63, 3.8) is 0 Å². The van der Waals surface area contributed by atoms with Gasteiger partial charge in [0.05, 0.1) is 17.1 Å². The molecule has 6 nitrogen and oxygen atoms in total. The number of aliphatic hydroxyl groups excluding tert-OH is 1. The highest BCUT2D eigenvalue weighted by molar-refractivity contribution is 7.89. The molecule has 1 aliphatic carbocycles. The van der Waals surface area contributed by atoms with E-state index in [-0.39, 0.29) is 23.6 Å². The van der Waals surface area contributed by atoms with Gasteiger partial charge in [-0.2, -0.15) is 4.31 Å². The van der Waals surface area contributed by atoms with Crippen LogP contribution in [0.3, 0.4) is 0 Å². The first kappa shape index (κ1) is 15.0. The number of carbonyl (C=O) groups is 1. The molecule has 1 aromatic rings. The first-order valence-corrected chi connectivity index (χ1v) is 7.83. The molecule has 0 aliphatic heterocycles. The maximum Gasteiger partial charge on any atom is 0.335 e. The Hall–Kier alpha value is -1.44. The highest BCUT2D eigenvalue weighted by atomic mass is 32.2. The van der Waals surface area contributed by atoms with Crippen LogP contribution in [0.2, 0.25) is 0 Å². The van der Waals surface area contributed by atoms with E-state index in [2.05, 4.69) is 0 Å². The van der Waals surface area contributed by atoms with Crippen molar-refractivity contribution >= 4 is 16.0 Å². The summed E-state index contributed by atoms with van der Waals surface area (Å²) >= 11 is 0. The van der Waals surface area contributed by atoms with Gasteiger partial charge in [0.15, 0.2) is 0 Å². The second-order valence-corrected chi connectivity index (χ2v) is 6.80. The summed E-state index contributed by atoms with van der Waals surface area (Å²) in [4.78, 5) is 10.8. The molecule has 0 spiro atoms. The maximum atomic E-state index is 12.4. The lowest BCUT2D eigenvalue weighted by molar-refractivity contribution is 0.0696. The number of sulfonamides is 1. The molecule has 2 N–H and O–H groups in total. The van der Waals surface area contributed by atoms with Gasteiger partial charge in [-0.05, 0) is 43.0 Å². The van der Waals surface area contributed by atoms with Crippen LogP contribution in [0.25, 0.3) is 0 Å². The van der Waals surface area contributed by atoms with Crippen LogP contribution in [0.15, 0.2) is 29.2 Å². The van der Waals surface area contributed by atoms with E-state index in [1.807, 2.05) is 0 Å². The Bertz CT molecular complexity index is 577. The van der Waals surface area contributed by atoms with Crippen molar-refractivity contribution in [2.75, 3.05) is 19.7 Å². The monoisotopic (exact) mass is 299 g/mol. The second-order valence-electron chi connectivity index (χ2n) is 4.86. The molecular formula is C13H17NO5S. The zero-order chi connectivity index (χ0) is 14.8. The number of rotatable bonds is 7. The lowest BCUT2D eigenvalue weighted by atomic mass is 10.2. The number of aromatic carboxylic acids is 1. The fraction of sp³-hybridized carbons (Fsp3) is 0.462. The number of hydrogen-bond acceptors (Lipinski definition) is 4. The van der Waals surface area contributed by atoms with E-state index in [9.17, 15) is 13.2 Å². The summed E-state index contributed by atoms with van der Waals surface area (Å²) in [5.41, 5.74) is 0.0415. The van der Waals surface area contributed by atoms with Crippen molar-refractivity contribution in [1.29, 1.82) is 0 Å². The van der Waals surface area contributed by atoms with Gasteiger partial charge in [-0.3, -0.25) is 0 Å². The van der Waals surface area contributed by atoms with Crippen LogP contribution in [0.4, 0.5) is 0 Å². The molecule has 0 aromatic heterocycles. The minimum absolute atomic E-state index is 0.0415. The van der Waals surface area contributed by atoms with Crippen molar-refractivity contribution < 1.29 is 23.4 Å². The summed E-state index contributed by atoms with van der Waals surface area (Å²) in [6.45, 7) is 0.224. The zero-order valence-corrected chi connectivity index (χ0v) is 11.7. The zero-order valence-electron chi connectivity index (χ0n) is 10.9. The predicted octanol–water partition coefficient (Wildman–Crippen LogP) is 0.778. The molecule has 0 saturated heterocycles. The molecule has 0 unspecified atom stereocenters. The maximum absolute atomic E-state index is 12.4. The summed E-state index contributed by atoms with van der Waals surface area (Å²) in [6.07, 6.45) is 2.02. The first-order chi connectivity index (χ1) is 9.45. The Morgan fingerprint density at radius 2 is 1.85 bits per heavy atom. The van der Waals surface area contributed by atoms with Gasteiger partial charge in [0.2, 0.25) is 10.0 Å². The van der Waals surface area contributed by atoms with Crippen LogP contribution in [-0.4, -0.2) is 48.6 Å². The smallest absolute Gasteiger partial charge is 0.335 e. The number of carboxylic acid groups (broad SMARTS) is 1. The van der Waals surface area contributed by atoms with Gasteiger partial charge in [0.1, 0.15) is 0 Å². The fourth-order valence-corrected chi connectivity index (χ4v) is 3.44. The summed E-state index contributed by atoms with van der Waals surface area (Å²) < 4.78 is 26.1.